The van der Waals surface area contributed by atoms with Gasteiger partial charge in [-0.2, -0.15) is 5.10 Å². The summed E-state index contributed by atoms with van der Waals surface area (Å²) in [6.07, 6.45) is 6.96. The number of para-hydroxylation sites is 1. The number of carbonyl (C=O) groups excluding carboxylic acids is 1. The van der Waals surface area contributed by atoms with E-state index in [0.29, 0.717) is 25.6 Å². The maximum absolute atomic E-state index is 12.4. The predicted octanol–water partition coefficient (Wildman–Crippen LogP) is 2.93. The van der Waals surface area contributed by atoms with Crippen LogP contribution in [-0.2, 0) is 16.0 Å². The van der Waals surface area contributed by atoms with Gasteiger partial charge in [-0.15, -0.1) is 0 Å². The Kier molecular flexibility index (Phi) is 4.83. The molecule has 4 rings (SSSR count). The Hall–Kier alpha value is -2.14. The van der Waals surface area contributed by atoms with Gasteiger partial charge in [0.25, 0.3) is 0 Å². The van der Waals surface area contributed by atoms with Gasteiger partial charge in [0.05, 0.1) is 25.1 Å². The number of aromatic nitrogens is 2. The second kappa shape index (κ2) is 7.40. The van der Waals surface area contributed by atoms with Gasteiger partial charge in [0, 0.05) is 25.2 Å². The molecule has 1 amide bonds. The van der Waals surface area contributed by atoms with Gasteiger partial charge in [-0.05, 0) is 49.3 Å². The van der Waals surface area contributed by atoms with Crippen molar-refractivity contribution in [1.29, 1.82) is 0 Å². The minimum atomic E-state index is 0.269. The molecule has 25 heavy (non-hydrogen) atoms. The van der Waals surface area contributed by atoms with Gasteiger partial charge < -0.3 is 9.64 Å². The summed E-state index contributed by atoms with van der Waals surface area (Å²) >= 11 is 0. The van der Waals surface area contributed by atoms with Gasteiger partial charge in [-0.3, -0.25) is 4.79 Å². The molecular formula is C20H25N3O2. The van der Waals surface area contributed by atoms with E-state index in [0.717, 1.165) is 38.0 Å². The van der Waals surface area contributed by atoms with Crippen LogP contribution in [0.3, 0.4) is 0 Å². The summed E-state index contributed by atoms with van der Waals surface area (Å²) in [7, 11) is 0. The van der Waals surface area contributed by atoms with Crippen LogP contribution in [0, 0.1) is 0 Å². The molecule has 5 nitrogen and oxygen atoms in total. The number of benzene rings is 1. The van der Waals surface area contributed by atoms with E-state index in [1.807, 2.05) is 29.3 Å². The van der Waals surface area contributed by atoms with Crippen molar-refractivity contribution >= 4 is 5.91 Å². The molecule has 1 unspecified atom stereocenters. The number of ether oxygens (including phenoxy) is 1. The zero-order chi connectivity index (χ0) is 17.1. The van der Waals surface area contributed by atoms with Crippen LogP contribution in [0.4, 0.5) is 0 Å². The first-order valence-corrected chi connectivity index (χ1v) is 9.30. The Bertz CT molecular complexity index is 720. The average Bonchev–Trinajstić information content (AvgIpc) is 3.12. The molecule has 0 radical (unpaired) electrons. The van der Waals surface area contributed by atoms with Crippen LogP contribution in [0.1, 0.15) is 42.9 Å². The Balaban J connectivity index is 1.45. The van der Waals surface area contributed by atoms with E-state index in [-0.39, 0.29) is 5.91 Å². The maximum Gasteiger partial charge on any atom is 0.222 e. The van der Waals surface area contributed by atoms with Crippen LogP contribution >= 0.6 is 0 Å². The van der Waals surface area contributed by atoms with Crippen LogP contribution < -0.4 is 0 Å². The van der Waals surface area contributed by atoms with Crippen molar-refractivity contribution in [3.63, 3.8) is 0 Å². The summed E-state index contributed by atoms with van der Waals surface area (Å²) in [5.41, 5.74) is 3.78. The highest BCUT2D eigenvalue weighted by atomic mass is 16.5. The first kappa shape index (κ1) is 16.3. The average molecular weight is 339 g/mol. The third kappa shape index (κ3) is 3.47. The molecule has 5 heteroatoms. The molecule has 0 saturated carbocycles. The first-order valence-electron chi connectivity index (χ1n) is 9.30. The van der Waals surface area contributed by atoms with E-state index in [4.69, 9.17) is 4.74 Å². The topological polar surface area (TPSA) is 47.4 Å². The van der Waals surface area contributed by atoms with Gasteiger partial charge in [0.15, 0.2) is 0 Å². The highest BCUT2D eigenvalue weighted by Gasteiger charge is 2.26. The molecule has 2 aliphatic rings. The molecule has 0 bridgehead atoms. The van der Waals surface area contributed by atoms with E-state index >= 15 is 0 Å². The maximum atomic E-state index is 12.4. The van der Waals surface area contributed by atoms with Gasteiger partial charge in [0.1, 0.15) is 0 Å². The molecule has 0 N–H and O–H groups in total. The van der Waals surface area contributed by atoms with Crippen molar-refractivity contribution in [3.05, 3.63) is 47.8 Å². The summed E-state index contributed by atoms with van der Waals surface area (Å²) < 4.78 is 7.41. The quantitative estimate of drug-likeness (QED) is 0.860. The Morgan fingerprint density at radius 3 is 2.80 bits per heavy atom. The molecule has 1 aromatic carbocycles. The number of fused-ring (bicyclic) bond motifs is 1. The van der Waals surface area contributed by atoms with E-state index in [1.54, 1.807) is 0 Å². The van der Waals surface area contributed by atoms with E-state index < -0.39 is 0 Å². The standard InChI is InChI=1S/C20H25N3O2/c24-20(22-11-13-25-14-12-22)10-9-16-5-4-8-19-18(16)15-21-23(19)17-6-2-1-3-7-17/h1-3,6-7,15-16H,4-5,8-14H2. The number of rotatable bonds is 4. The Morgan fingerprint density at radius 1 is 1.20 bits per heavy atom. The van der Waals surface area contributed by atoms with Crippen molar-refractivity contribution in [2.45, 2.75) is 38.0 Å². The largest absolute Gasteiger partial charge is 0.378 e. The van der Waals surface area contributed by atoms with Crippen molar-refractivity contribution in [2.75, 3.05) is 26.3 Å². The van der Waals surface area contributed by atoms with Crippen LogP contribution in [0.15, 0.2) is 36.5 Å². The molecule has 2 aromatic rings. The highest BCUT2D eigenvalue weighted by Crippen LogP contribution is 2.35. The summed E-state index contributed by atoms with van der Waals surface area (Å²) in [6, 6.07) is 10.3. The number of nitrogens with zero attached hydrogens (tertiary/aromatic N) is 3. The molecule has 1 aliphatic heterocycles. The molecule has 1 saturated heterocycles. The van der Waals surface area contributed by atoms with Gasteiger partial charge >= 0.3 is 0 Å². The highest BCUT2D eigenvalue weighted by molar-refractivity contribution is 5.76. The number of hydrogen-bond donors (Lipinski definition) is 0. The van der Waals surface area contributed by atoms with E-state index in [2.05, 4.69) is 21.9 Å². The van der Waals surface area contributed by atoms with Crippen molar-refractivity contribution in [3.8, 4) is 5.69 Å². The molecule has 1 aliphatic carbocycles. The van der Waals surface area contributed by atoms with E-state index in [9.17, 15) is 4.79 Å². The summed E-state index contributed by atoms with van der Waals surface area (Å²) in [6.45, 7) is 2.81. The van der Waals surface area contributed by atoms with Crippen molar-refractivity contribution < 1.29 is 9.53 Å². The fourth-order valence-corrected chi connectivity index (χ4v) is 4.01. The second-order valence-corrected chi connectivity index (χ2v) is 6.91. The summed E-state index contributed by atoms with van der Waals surface area (Å²) in [5.74, 6) is 0.720. The molecule has 2 heterocycles. The molecule has 1 fully saturated rings. The smallest absolute Gasteiger partial charge is 0.222 e. The molecule has 132 valence electrons. The fraction of sp³-hybridized carbons (Fsp3) is 0.500. The zero-order valence-corrected chi connectivity index (χ0v) is 14.6. The zero-order valence-electron chi connectivity index (χ0n) is 14.6. The summed E-state index contributed by atoms with van der Waals surface area (Å²) in [4.78, 5) is 14.4. The van der Waals surface area contributed by atoms with Gasteiger partial charge in [-0.1, -0.05) is 18.2 Å². The van der Waals surface area contributed by atoms with Crippen molar-refractivity contribution in [2.24, 2.45) is 0 Å². The van der Waals surface area contributed by atoms with Gasteiger partial charge in [-0.25, -0.2) is 4.68 Å². The number of carbonyl (C=O) groups is 1. The number of amides is 1. The van der Waals surface area contributed by atoms with Crippen LogP contribution in [0.5, 0.6) is 0 Å². The Labute approximate surface area is 148 Å². The Morgan fingerprint density at radius 2 is 2.00 bits per heavy atom. The van der Waals surface area contributed by atoms with Crippen LogP contribution in [-0.4, -0.2) is 46.9 Å². The lowest BCUT2D eigenvalue weighted by Gasteiger charge is -2.28. The molecule has 1 atom stereocenters. The minimum absolute atomic E-state index is 0.269. The second-order valence-electron chi connectivity index (χ2n) is 6.91. The predicted molar refractivity (Wildman–Crippen MR) is 95.9 cm³/mol. The lowest BCUT2D eigenvalue weighted by atomic mass is 9.84. The van der Waals surface area contributed by atoms with E-state index in [1.165, 1.54) is 17.7 Å². The third-order valence-electron chi connectivity index (χ3n) is 5.38. The van der Waals surface area contributed by atoms with Crippen LogP contribution in [0.2, 0.25) is 0 Å². The lowest BCUT2D eigenvalue weighted by Crippen LogP contribution is -2.40. The molecule has 0 spiro atoms. The lowest BCUT2D eigenvalue weighted by molar-refractivity contribution is -0.135. The monoisotopic (exact) mass is 339 g/mol. The first-order chi connectivity index (χ1) is 12.3. The van der Waals surface area contributed by atoms with Gasteiger partial charge in [0.2, 0.25) is 5.91 Å². The molecule has 1 aromatic heterocycles. The molecular weight excluding hydrogens is 314 g/mol. The minimum Gasteiger partial charge on any atom is -0.378 e. The SMILES string of the molecule is O=C(CCC1CCCc2c1cnn2-c1ccccc1)N1CCOCC1. The summed E-state index contributed by atoms with van der Waals surface area (Å²) in [5, 5.41) is 4.64. The normalized spacial score (nSPS) is 20.3. The number of hydrogen-bond acceptors (Lipinski definition) is 3. The third-order valence-corrected chi connectivity index (χ3v) is 5.38. The number of morpholine rings is 1. The fourth-order valence-electron chi connectivity index (χ4n) is 4.01. The van der Waals surface area contributed by atoms with Crippen molar-refractivity contribution in [1.82, 2.24) is 14.7 Å². The van der Waals surface area contributed by atoms with Crippen LogP contribution in [0.25, 0.3) is 5.69 Å².